The number of hydrogen-bond acceptors (Lipinski definition) is 3. The molecule has 3 heteroatoms. The molecule has 0 aliphatic rings. The lowest BCUT2D eigenvalue weighted by atomic mass is 10.1. The molecule has 0 heterocycles. The Morgan fingerprint density at radius 3 is 2.19 bits per heavy atom. The van der Waals surface area contributed by atoms with Crippen LogP contribution in [-0.4, -0.2) is 26.5 Å². The molecule has 0 N–H and O–H groups in total. The summed E-state index contributed by atoms with van der Waals surface area (Å²) in [5, 5.41) is 0. The summed E-state index contributed by atoms with van der Waals surface area (Å²) >= 11 is 0. The van der Waals surface area contributed by atoms with E-state index in [1.54, 1.807) is 14.0 Å². The number of ketones is 1. The summed E-state index contributed by atoms with van der Waals surface area (Å²) in [5.74, 6) is 1.08. The highest BCUT2D eigenvalue weighted by molar-refractivity contribution is 5.81. The van der Waals surface area contributed by atoms with Crippen molar-refractivity contribution in [2.24, 2.45) is 0 Å². The quantitative estimate of drug-likeness (QED) is 0.781. The van der Waals surface area contributed by atoms with Gasteiger partial charge in [-0.1, -0.05) is 0 Å². The second-order valence-electron chi connectivity index (χ2n) is 4.17. The molecule has 0 atom stereocenters. The topological polar surface area (TPSA) is 29.5 Å². The molecule has 0 saturated carbocycles. The van der Waals surface area contributed by atoms with E-state index in [4.69, 9.17) is 4.74 Å². The van der Waals surface area contributed by atoms with Crippen molar-refractivity contribution in [1.82, 2.24) is 0 Å². The molecule has 0 aromatic heterocycles. The Balaban J connectivity index is 3.03. The van der Waals surface area contributed by atoms with Crippen LogP contribution in [0.4, 0.5) is 5.69 Å². The van der Waals surface area contributed by atoms with Gasteiger partial charge in [0.1, 0.15) is 11.5 Å². The summed E-state index contributed by atoms with van der Waals surface area (Å²) in [6.45, 7) is 6.05. The van der Waals surface area contributed by atoms with E-state index in [1.807, 2.05) is 37.9 Å². The number of carbonyl (C=O) groups excluding carboxylic acids is 1. The van der Waals surface area contributed by atoms with E-state index < -0.39 is 0 Å². The lowest BCUT2D eigenvalue weighted by molar-refractivity contribution is -0.115. The number of ether oxygens (including phenoxy) is 1. The molecule has 0 radical (unpaired) electrons. The molecule has 16 heavy (non-hydrogen) atoms. The van der Waals surface area contributed by atoms with Crippen LogP contribution in [0, 0.1) is 13.8 Å². The van der Waals surface area contributed by atoms with Crippen molar-refractivity contribution in [3.8, 4) is 5.75 Å². The largest absolute Gasteiger partial charge is 0.496 e. The molecule has 0 spiro atoms. The summed E-state index contributed by atoms with van der Waals surface area (Å²) in [7, 11) is 3.59. The molecule has 0 unspecified atom stereocenters. The van der Waals surface area contributed by atoms with Gasteiger partial charge >= 0.3 is 0 Å². The first-order valence-electron chi connectivity index (χ1n) is 5.31. The Hall–Kier alpha value is -1.51. The van der Waals surface area contributed by atoms with Crippen molar-refractivity contribution in [2.45, 2.75) is 20.8 Å². The standard InChI is InChI=1S/C13H19NO2/c1-9-6-12(14(4)8-11(3)15)7-10(2)13(9)16-5/h6-7H,8H2,1-5H3. The van der Waals surface area contributed by atoms with Crippen LogP contribution in [0.1, 0.15) is 18.1 Å². The number of nitrogens with zero attached hydrogens (tertiary/aromatic N) is 1. The normalized spacial score (nSPS) is 10.1. The van der Waals surface area contributed by atoms with E-state index >= 15 is 0 Å². The number of Topliss-reactive ketones (excluding diaryl/α,β-unsaturated/α-hetero) is 1. The number of anilines is 1. The molecular weight excluding hydrogens is 202 g/mol. The summed E-state index contributed by atoms with van der Waals surface area (Å²) in [5.41, 5.74) is 3.23. The maximum atomic E-state index is 11.1. The van der Waals surface area contributed by atoms with Gasteiger partial charge in [0.15, 0.2) is 0 Å². The lowest BCUT2D eigenvalue weighted by Crippen LogP contribution is -2.23. The van der Waals surface area contributed by atoms with Crippen molar-refractivity contribution in [1.29, 1.82) is 0 Å². The fraction of sp³-hybridized carbons (Fsp3) is 0.462. The average molecular weight is 221 g/mol. The Bertz CT molecular complexity index is 376. The lowest BCUT2D eigenvalue weighted by Gasteiger charge is -2.20. The van der Waals surface area contributed by atoms with Gasteiger partial charge in [-0.05, 0) is 44.0 Å². The number of methoxy groups -OCH3 is 1. The van der Waals surface area contributed by atoms with E-state index in [-0.39, 0.29) is 5.78 Å². The van der Waals surface area contributed by atoms with Gasteiger partial charge in [0.2, 0.25) is 0 Å². The van der Waals surface area contributed by atoms with Crippen molar-refractivity contribution < 1.29 is 9.53 Å². The molecule has 1 rings (SSSR count). The molecule has 0 aliphatic carbocycles. The number of rotatable bonds is 4. The molecule has 3 nitrogen and oxygen atoms in total. The number of benzene rings is 1. The minimum Gasteiger partial charge on any atom is -0.496 e. The van der Waals surface area contributed by atoms with Crippen LogP contribution in [0.2, 0.25) is 0 Å². The van der Waals surface area contributed by atoms with Crippen LogP contribution in [0.5, 0.6) is 5.75 Å². The smallest absolute Gasteiger partial charge is 0.149 e. The Morgan fingerprint density at radius 2 is 1.81 bits per heavy atom. The molecule has 1 aromatic rings. The van der Waals surface area contributed by atoms with Gasteiger partial charge < -0.3 is 9.64 Å². The summed E-state index contributed by atoms with van der Waals surface area (Å²) < 4.78 is 5.31. The predicted molar refractivity (Wildman–Crippen MR) is 66.4 cm³/mol. The van der Waals surface area contributed by atoms with Crippen LogP contribution in [0.25, 0.3) is 0 Å². The third-order valence-electron chi connectivity index (χ3n) is 2.55. The SMILES string of the molecule is COc1c(C)cc(N(C)CC(C)=O)cc1C. The second kappa shape index (κ2) is 5.01. The van der Waals surface area contributed by atoms with Crippen LogP contribution >= 0.6 is 0 Å². The molecule has 0 saturated heterocycles. The molecule has 0 fully saturated rings. The zero-order valence-corrected chi connectivity index (χ0v) is 10.6. The Morgan fingerprint density at radius 1 is 1.31 bits per heavy atom. The van der Waals surface area contributed by atoms with Crippen LogP contribution in [0.15, 0.2) is 12.1 Å². The average Bonchev–Trinajstić information content (AvgIpc) is 2.16. The second-order valence-corrected chi connectivity index (χ2v) is 4.17. The molecule has 0 amide bonds. The third-order valence-corrected chi connectivity index (χ3v) is 2.55. The minimum atomic E-state index is 0.161. The molecule has 0 aliphatic heterocycles. The fourth-order valence-electron chi connectivity index (χ4n) is 1.90. The van der Waals surface area contributed by atoms with Crippen LogP contribution < -0.4 is 9.64 Å². The number of hydrogen-bond donors (Lipinski definition) is 0. The Labute approximate surface area is 97.0 Å². The van der Waals surface area contributed by atoms with E-state index in [1.165, 1.54) is 0 Å². The molecule has 0 bridgehead atoms. The van der Waals surface area contributed by atoms with E-state index in [0.717, 1.165) is 22.6 Å². The zero-order chi connectivity index (χ0) is 12.3. The summed E-state index contributed by atoms with van der Waals surface area (Å²) in [4.78, 5) is 13.0. The maximum Gasteiger partial charge on any atom is 0.149 e. The highest BCUT2D eigenvalue weighted by atomic mass is 16.5. The van der Waals surface area contributed by atoms with E-state index in [9.17, 15) is 4.79 Å². The number of carbonyl (C=O) groups is 1. The number of aryl methyl sites for hydroxylation is 2. The van der Waals surface area contributed by atoms with Gasteiger partial charge in [0.05, 0.1) is 13.7 Å². The molecule has 88 valence electrons. The van der Waals surface area contributed by atoms with Crippen molar-refractivity contribution in [3.63, 3.8) is 0 Å². The Kier molecular flexibility index (Phi) is 3.93. The summed E-state index contributed by atoms with van der Waals surface area (Å²) in [6.07, 6.45) is 0. The van der Waals surface area contributed by atoms with Gasteiger partial charge in [0.25, 0.3) is 0 Å². The van der Waals surface area contributed by atoms with E-state index in [2.05, 4.69) is 0 Å². The molecular formula is C13H19NO2. The zero-order valence-electron chi connectivity index (χ0n) is 10.6. The first kappa shape index (κ1) is 12.6. The first-order chi connectivity index (χ1) is 7.45. The van der Waals surface area contributed by atoms with Gasteiger partial charge in [0, 0.05) is 12.7 Å². The highest BCUT2D eigenvalue weighted by Gasteiger charge is 2.09. The predicted octanol–water partition coefficient (Wildman–Crippen LogP) is 2.34. The third kappa shape index (κ3) is 2.75. The van der Waals surface area contributed by atoms with Gasteiger partial charge in [-0.25, -0.2) is 0 Å². The highest BCUT2D eigenvalue weighted by Crippen LogP contribution is 2.28. The maximum absolute atomic E-state index is 11.1. The minimum absolute atomic E-state index is 0.161. The van der Waals surface area contributed by atoms with Crippen molar-refractivity contribution >= 4 is 11.5 Å². The van der Waals surface area contributed by atoms with Crippen molar-refractivity contribution in [2.75, 3.05) is 25.6 Å². The first-order valence-corrected chi connectivity index (χ1v) is 5.31. The summed E-state index contributed by atoms with van der Waals surface area (Å²) in [6, 6.07) is 4.07. The van der Waals surface area contributed by atoms with Gasteiger partial charge in [-0.3, -0.25) is 4.79 Å². The number of likely N-dealkylation sites (N-methyl/N-ethyl adjacent to an activating group) is 1. The van der Waals surface area contributed by atoms with Gasteiger partial charge in [-0.15, -0.1) is 0 Å². The van der Waals surface area contributed by atoms with Crippen LogP contribution in [-0.2, 0) is 4.79 Å². The monoisotopic (exact) mass is 221 g/mol. The van der Waals surface area contributed by atoms with E-state index in [0.29, 0.717) is 6.54 Å². The van der Waals surface area contributed by atoms with Crippen molar-refractivity contribution in [3.05, 3.63) is 23.3 Å². The van der Waals surface area contributed by atoms with Gasteiger partial charge in [-0.2, -0.15) is 0 Å². The van der Waals surface area contributed by atoms with Crippen LogP contribution in [0.3, 0.4) is 0 Å². The molecule has 1 aromatic carbocycles. The fourth-order valence-corrected chi connectivity index (χ4v) is 1.90.